The Balaban J connectivity index is 1.67. The van der Waals surface area contributed by atoms with E-state index in [2.05, 4.69) is 10.5 Å². The molecule has 0 aliphatic carbocycles. The van der Waals surface area contributed by atoms with Crippen molar-refractivity contribution in [3.05, 3.63) is 59.7 Å². The van der Waals surface area contributed by atoms with Gasteiger partial charge < -0.3 is 18.8 Å². The van der Waals surface area contributed by atoms with Gasteiger partial charge in [0.15, 0.2) is 5.76 Å². The number of carboxylic acid groups (broad SMARTS) is 1. The number of benzene rings is 1. The van der Waals surface area contributed by atoms with Crippen LogP contribution in [0.15, 0.2) is 51.6 Å². The normalized spacial score (nSPS) is 10.7. The highest BCUT2D eigenvalue weighted by atomic mass is 16.5. The van der Waals surface area contributed by atoms with Crippen molar-refractivity contribution in [3.8, 4) is 11.3 Å². The number of amides is 1. The van der Waals surface area contributed by atoms with Crippen LogP contribution < -0.4 is 5.32 Å². The molecular weight excluding hydrogens is 312 g/mol. The first-order chi connectivity index (χ1) is 11.6. The lowest BCUT2D eigenvalue weighted by Crippen LogP contribution is -2.08. The van der Waals surface area contributed by atoms with Gasteiger partial charge in [0.1, 0.15) is 23.7 Å². The second-order valence-electron chi connectivity index (χ2n) is 5.17. The summed E-state index contributed by atoms with van der Waals surface area (Å²) in [4.78, 5) is 10.9. The summed E-state index contributed by atoms with van der Waals surface area (Å²) in [5.74, 6) is 1.16. The molecule has 3 rings (SSSR count). The number of hydrogen-bond acceptors (Lipinski definition) is 5. The van der Waals surface area contributed by atoms with Gasteiger partial charge in [-0.25, -0.2) is 4.79 Å². The Morgan fingerprint density at radius 2 is 2.04 bits per heavy atom. The molecule has 0 saturated carbocycles. The second-order valence-corrected chi connectivity index (χ2v) is 5.17. The lowest BCUT2D eigenvalue weighted by molar-refractivity contribution is 0.0929. The van der Waals surface area contributed by atoms with Crippen LogP contribution in [0.25, 0.3) is 11.3 Å². The van der Waals surface area contributed by atoms with E-state index in [4.69, 9.17) is 18.8 Å². The summed E-state index contributed by atoms with van der Waals surface area (Å²) < 4.78 is 16.0. The number of carbonyl (C=O) groups is 1. The van der Waals surface area contributed by atoms with Crippen molar-refractivity contribution in [1.82, 2.24) is 5.16 Å². The molecule has 3 aromatic rings. The molecule has 0 fully saturated rings. The Kier molecular flexibility index (Phi) is 4.62. The summed E-state index contributed by atoms with van der Waals surface area (Å²) in [6.07, 6.45) is 0.445. The Hall–Kier alpha value is -3.06. The minimum atomic E-state index is -1.16. The molecule has 7 nitrogen and oxygen atoms in total. The number of aromatic nitrogens is 1. The van der Waals surface area contributed by atoms with Gasteiger partial charge in [-0.2, -0.15) is 0 Å². The minimum Gasteiger partial charge on any atom is -0.467 e. The van der Waals surface area contributed by atoms with Crippen LogP contribution in [0.2, 0.25) is 0 Å². The fraction of sp³-hybridized carbons (Fsp3) is 0.176. The maximum absolute atomic E-state index is 10.9. The van der Waals surface area contributed by atoms with Crippen LogP contribution in [-0.4, -0.2) is 16.4 Å². The van der Waals surface area contributed by atoms with Crippen LogP contribution in [0.5, 0.6) is 0 Å². The van der Waals surface area contributed by atoms with Crippen molar-refractivity contribution in [2.75, 3.05) is 5.32 Å². The summed E-state index contributed by atoms with van der Waals surface area (Å²) in [5.41, 5.74) is 2.55. The third-order valence-electron chi connectivity index (χ3n) is 3.40. The smallest absolute Gasteiger partial charge is 0.409 e. The molecular formula is C17H16N2O5. The lowest BCUT2D eigenvalue weighted by atomic mass is 10.1. The van der Waals surface area contributed by atoms with Crippen LogP contribution in [0, 0.1) is 6.92 Å². The topological polar surface area (TPSA) is 97.7 Å². The van der Waals surface area contributed by atoms with Gasteiger partial charge in [0.05, 0.1) is 12.9 Å². The van der Waals surface area contributed by atoms with E-state index in [0.29, 0.717) is 30.4 Å². The standard InChI is InChI=1S/C17H16N2O5/c1-11-15(18-17(20)21)16(24-19-11)13-6-4-12(5-7-13)9-22-10-14-3-2-8-23-14/h2-8,18H,9-10H2,1H3,(H,20,21). The molecule has 0 bridgehead atoms. The number of hydrogen-bond donors (Lipinski definition) is 2. The van der Waals surface area contributed by atoms with Crippen LogP contribution >= 0.6 is 0 Å². The second kappa shape index (κ2) is 7.01. The molecule has 1 aromatic carbocycles. The van der Waals surface area contributed by atoms with Crippen molar-refractivity contribution in [1.29, 1.82) is 0 Å². The number of ether oxygens (including phenoxy) is 1. The van der Waals surface area contributed by atoms with E-state index < -0.39 is 6.09 Å². The molecule has 0 unspecified atom stereocenters. The summed E-state index contributed by atoms with van der Waals surface area (Å²) in [6, 6.07) is 11.1. The molecule has 2 N–H and O–H groups in total. The zero-order valence-corrected chi connectivity index (χ0v) is 13.0. The van der Waals surface area contributed by atoms with E-state index >= 15 is 0 Å². The molecule has 0 radical (unpaired) electrons. The molecule has 0 atom stereocenters. The van der Waals surface area contributed by atoms with E-state index in [1.54, 1.807) is 13.2 Å². The van der Waals surface area contributed by atoms with Gasteiger partial charge >= 0.3 is 6.09 Å². The van der Waals surface area contributed by atoms with E-state index in [1.165, 1.54) is 0 Å². The highest BCUT2D eigenvalue weighted by molar-refractivity contribution is 5.89. The summed E-state index contributed by atoms with van der Waals surface area (Å²) in [6.45, 7) is 2.52. The van der Waals surface area contributed by atoms with Crippen LogP contribution in [0.3, 0.4) is 0 Å². The largest absolute Gasteiger partial charge is 0.467 e. The number of furan rings is 1. The van der Waals surface area contributed by atoms with Gasteiger partial charge in [-0.3, -0.25) is 5.32 Å². The molecule has 0 aliphatic heterocycles. The van der Waals surface area contributed by atoms with E-state index in [9.17, 15) is 4.79 Å². The molecule has 0 saturated heterocycles. The van der Waals surface area contributed by atoms with Crippen LogP contribution in [-0.2, 0) is 18.0 Å². The molecule has 24 heavy (non-hydrogen) atoms. The van der Waals surface area contributed by atoms with E-state index in [-0.39, 0.29) is 0 Å². The van der Waals surface area contributed by atoms with Gasteiger partial charge in [0.25, 0.3) is 0 Å². The molecule has 2 aromatic heterocycles. The highest BCUT2D eigenvalue weighted by Gasteiger charge is 2.16. The highest BCUT2D eigenvalue weighted by Crippen LogP contribution is 2.31. The fourth-order valence-electron chi connectivity index (χ4n) is 2.24. The first kappa shape index (κ1) is 15.8. The third-order valence-corrected chi connectivity index (χ3v) is 3.40. The lowest BCUT2D eigenvalue weighted by Gasteiger charge is -2.05. The maximum Gasteiger partial charge on any atom is 0.409 e. The average Bonchev–Trinajstić information content (AvgIpc) is 3.19. The van der Waals surface area contributed by atoms with Crippen molar-refractivity contribution in [2.45, 2.75) is 20.1 Å². The zero-order valence-electron chi connectivity index (χ0n) is 13.0. The Morgan fingerprint density at radius 1 is 1.25 bits per heavy atom. The predicted octanol–water partition coefficient (Wildman–Crippen LogP) is 4.05. The number of nitrogens with zero attached hydrogens (tertiary/aromatic N) is 1. The zero-order chi connectivity index (χ0) is 16.9. The van der Waals surface area contributed by atoms with Gasteiger partial charge in [-0.05, 0) is 24.6 Å². The number of aryl methyl sites for hydroxylation is 1. The quantitative estimate of drug-likeness (QED) is 0.708. The molecule has 7 heteroatoms. The monoisotopic (exact) mass is 328 g/mol. The van der Waals surface area contributed by atoms with Gasteiger partial charge in [-0.15, -0.1) is 0 Å². The fourth-order valence-corrected chi connectivity index (χ4v) is 2.24. The summed E-state index contributed by atoms with van der Waals surface area (Å²) >= 11 is 0. The summed E-state index contributed by atoms with van der Waals surface area (Å²) in [5, 5.41) is 15.0. The molecule has 2 heterocycles. The first-order valence-electron chi connectivity index (χ1n) is 7.29. The van der Waals surface area contributed by atoms with E-state index in [1.807, 2.05) is 36.4 Å². The van der Waals surface area contributed by atoms with Gasteiger partial charge in [0, 0.05) is 5.56 Å². The third kappa shape index (κ3) is 3.64. The Morgan fingerprint density at radius 3 is 2.71 bits per heavy atom. The SMILES string of the molecule is Cc1noc(-c2ccc(COCc3ccco3)cc2)c1NC(=O)O. The molecule has 124 valence electrons. The average molecular weight is 328 g/mol. The number of anilines is 1. The molecule has 0 spiro atoms. The number of nitrogens with one attached hydrogen (secondary N) is 1. The predicted molar refractivity (Wildman–Crippen MR) is 85.5 cm³/mol. The van der Waals surface area contributed by atoms with Crippen molar-refractivity contribution in [2.24, 2.45) is 0 Å². The summed E-state index contributed by atoms with van der Waals surface area (Å²) in [7, 11) is 0. The van der Waals surface area contributed by atoms with Crippen molar-refractivity contribution >= 4 is 11.8 Å². The first-order valence-corrected chi connectivity index (χ1v) is 7.29. The molecule has 1 amide bonds. The van der Waals surface area contributed by atoms with Crippen LogP contribution in [0.1, 0.15) is 17.0 Å². The van der Waals surface area contributed by atoms with E-state index in [0.717, 1.165) is 16.9 Å². The van der Waals surface area contributed by atoms with Gasteiger partial charge in [0.2, 0.25) is 0 Å². The van der Waals surface area contributed by atoms with Crippen molar-refractivity contribution in [3.63, 3.8) is 0 Å². The van der Waals surface area contributed by atoms with Gasteiger partial charge in [-0.1, -0.05) is 29.4 Å². The maximum atomic E-state index is 10.9. The van der Waals surface area contributed by atoms with Crippen LogP contribution in [0.4, 0.5) is 10.5 Å². The number of rotatable bonds is 6. The molecule has 0 aliphatic rings. The van der Waals surface area contributed by atoms with Crippen molar-refractivity contribution < 1.29 is 23.6 Å². The Bertz CT molecular complexity index is 806. The Labute approximate surface area is 137 Å². The minimum absolute atomic E-state index is 0.351.